The largest absolute Gasteiger partial charge is 0.396 e. The second-order valence-electron chi connectivity index (χ2n) is 4.51. The zero-order valence-corrected chi connectivity index (χ0v) is 11.2. The molecule has 0 radical (unpaired) electrons. The van der Waals surface area contributed by atoms with Gasteiger partial charge in [-0.1, -0.05) is 47.5 Å². The van der Waals surface area contributed by atoms with Gasteiger partial charge >= 0.3 is 0 Å². The molecule has 0 aliphatic rings. The monoisotopic (exact) mass is 260 g/mol. The molecule has 2 aromatic carbocycles. The highest BCUT2D eigenvalue weighted by atomic mass is 35.5. The van der Waals surface area contributed by atoms with Crippen molar-refractivity contribution < 1.29 is 5.11 Å². The molecule has 94 valence electrons. The van der Waals surface area contributed by atoms with Gasteiger partial charge in [0.1, 0.15) is 0 Å². The molecule has 0 amide bonds. The van der Waals surface area contributed by atoms with Crippen LogP contribution in [0.15, 0.2) is 42.5 Å². The van der Waals surface area contributed by atoms with Crippen LogP contribution < -0.4 is 0 Å². The van der Waals surface area contributed by atoms with Crippen molar-refractivity contribution in [3.8, 4) is 11.1 Å². The number of halogens is 1. The van der Waals surface area contributed by atoms with Crippen molar-refractivity contribution in [1.82, 2.24) is 0 Å². The lowest BCUT2D eigenvalue weighted by Gasteiger charge is -2.07. The Morgan fingerprint density at radius 1 is 1.06 bits per heavy atom. The van der Waals surface area contributed by atoms with Crippen LogP contribution in [0.25, 0.3) is 11.1 Å². The fraction of sp³-hybridized carbons (Fsp3) is 0.250. The number of rotatable bonds is 4. The quantitative estimate of drug-likeness (QED) is 0.872. The number of benzene rings is 2. The van der Waals surface area contributed by atoms with Crippen molar-refractivity contribution in [3.63, 3.8) is 0 Å². The van der Waals surface area contributed by atoms with E-state index in [0.29, 0.717) is 0 Å². The van der Waals surface area contributed by atoms with Crippen LogP contribution in [0.4, 0.5) is 0 Å². The molecule has 0 aliphatic carbocycles. The molecule has 1 N–H and O–H groups in total. The van der Waals surface area contributed by atoms with Crippen LogP contribution in [-0.2, 0) is 6.42 Å². The summed E-state index contributed by atoms with van der Waals surface area (Å²) in [5, 5.41) is 9.59. The standard InChI is InChI=1S/C16H17ClO/c1-12-4-9-16(17)15(11-12)14-7-5-13(6-8-14)3-2-10-18/h4-9,11,18H,2-3,10H2,1H3. The molecule has 0 saturated heterocycles. The summed E-state index contributed by atoms with van der Waals surface area (Å²) in [5.74, 6) is 0. The van der Waals surface area contributed by atoms with Crippen molar-refractivity contribution in [1.29, 1.82) is 0 Å². The van der Waals surface area contributed by atoms with Crippen LogP contribution in [0.5, 0.6) is 0 Å². The molecule has 0 aliphatic heterocycles. The van der Waals surface area contributed by atoms with E-state index in [-0.39, 0.29) is 6.61 Å². The highest BCUT2D eigenvalue weighted by molar-refractivity contribution is 6.33. The lowest BCUT2D eigenvalue weighted by Crippen LogP contribution is -1.89. The number of hydrogen-bond acceptors (Lipinski definition) is 1. The highest BCUT2D eigenvalue weighted by Crippen LogP contribution is 2.29. The molecule has 0 fully saturated rings. The SMILES string of the molecule is Cc1ccc(Cl)c(-c2ccc(CCCO)cc2)c1. The molecule has 0 unspecified atom stereocenters. The molecule has 0 bridgehead atoms. The van der Waals surface area contributed by atoms with Gasteiger partial charge in [-0.2, -0.15) is 0 Å². The summed E-state index contributed by atoms with van der Waals surface area (Å²) >= 11 is 6.22. The van der Waals surface area contributed by atoms with Gasteiger partial charge in [0.05, 0.1) is 0 Å². The zero-order valence-electron chi connectivity index (χ0n) is 10.5. The average molecular weight is 261 g/mol. The maximum absolute atomic E-state index is 8.81. The van der Waals surface area contributed by atoms with Gasteiger partial charge in [-0.05, 0) is 43.0 Å². The van der Waals surface area contributed by atoms with Crippen molar-refractivity contribution in [2.75, 3.05) is 6.61 Å². The average Bonchev–Trinajstić information content (AvgIpc) is 2.40. The Balaban J connectivity index is 2.25. The first-order chi connectivity index (χ1) is 8.70. The summed E-state index contributed by atoms with van der Waals surface area (Å²) in [5.41, 5.74) is 4.66. The molecule has 0 heterocycles. The molecule has 0 saturated carbocycles. The number of aryl methyl sites for hydroxylation is 2. The van der Waals surface area contributed by atoms with E-state index < -0.39 is 0 Å². The predicted molar refractivity (Wildman–Crippen MR) is 77.0 cm³/mol. The van der Waals surface area contributed by atoms with Crippen molar-refractivity contribution in [2.45, 2.75) is 19.8 Å². The third kappa shape index (κ3) is 3.12. The van der Waals surface area contributed by atoms with Crippen LogP contribution in [0.2, 0.25) is 5.02 Å². The summed E-state index contributed by atoms with van der Waals surface area (Å²) in [6.45, 7) is 2.31. The van der Waals surface area contributed by atoms with E-state index in [2.05, 4.69) is 37.3 Å². The van der Waals surface area contributed by atoms with Crippen molar-refractivity contribution >= 4 is 11.6 Å². The third-order valence-corrected chi connectivity index (χ3v) is 3.34. The smallest absolute Gasteiger partial charge is 0.0484 e. The number of aliphatic hydroxyl groups excluding tert-OH is 1. The Bertz CT molecular complexity index is 517. The van der Waals surface area contributed by atoms with Crippen LogP contribution in [0.3, 0.4) is 0 Å². The van der Waals surface area contributed by atoms with Gasteiger partial charge < -0.3 is 5.11 Å². The normalized spacial score (nSPS) is 10.6. The fourth-order valence-electron chi connectivity index (χ4n) is 1.99. The molecule has 2 rings (SSSR count). The topological polar surface area (TPSA) is 20.2 Å². The third-order valence-electron chi connectivity index (χ3n) is 3.01. The van der Waals surface area contributed by atoms with Crippen molar-refractivity contribution in [2.24, 2.45) is 0 Å². The molecule has 0 atom stereocenters. The number of hydrogen-bond donors (Lipinski definition) is 1. The van der Waals surface area contributed by atoms with E-state index >= 15 is 0 Å². The molecule has 0 spiro atoms. The van der Waals surface area contributed by atoms with E-state index in [1.807, 2.05) is 12.1 Å². The van der Waals surface area contributed by atoms with E-state index in [0.717, 1.165) is 29.0 Å². The summed E-state index contributed by atoms with van der Waals surface area (Å²) in [7, 11) is 0. The molecular weight excluding hydrogens is 244 g/mol. The lowest BCUT2D eigenvalue weighted by molar-refractivity contribution is 0.288. The van der Waals surface area contributed by atoms with E-state index in [4.69, 9.17) is 16.7 Å². The van der Waals surface area contributed by atoms with Crippen LogP contribution >= 0.6 is 11.6 Å². The van der Waals surface area contributed by atoms with Gasteiger partial charge in [-0.3, -0.25) is 0 Å². The summed E-state index contributed by atoms with van der Waals surface area (Å²) in [6, 6.07) is 14.4. The zero-order chi connectivity index (χ0) is 13.0. The Morgan fingerprint density at radius 2 is 1.78 bits per heavy atom. The minimum atomic E-state index is 0.242. The van der Waals surface area contributed by atoms with E-state index in [1.165, 1.54) is 11.1 Å². The number of aliphatic hydroxyl groups is 1. The summed E-state index contributed by atoms with van der Waals surface area (Å²) in [6.07, 6.45) is 1.73. The van der Waals surface area contributed by atoms with Crippen LogP contribution in [-0.4, -0.2) is 11.7 Å². The maximum atomic E-state index is 8.81. The Hall–Kier alpha value is -1.31. The predicted octanol–water partition coefficient (Wildman–Crippen LogP) is 4.24. The summed E-state index contributed by atoms with van der Waals surface area (Å²) in [4.78, 5) is 0. The minimum Gasteiger partial charge on any atom is -0.396 e. The van der Waals surface area contributed by atoms with E-state index in [9.17, 15) is 0 Å². The first-order valence-corrected chi connectivity index (χ1v) is 6.55. The Labute approximate surface area is 113 Å². The molecular formula is C16H17ClO. The van der Waals surface area contributed by atoms with E-state index in [1.54, 1.807) is 0 Å². The second kappa shape index (κ2) is 6.03. The molecule has 2 heteroatoms. The van der Waals surface area contributed by atoms with Crippen LogP contribution in [0.1, 0.15) is 17.5 Å². The molecule has 2 aromatic rings. The van der Waals surface area contributed by atoms with Gasteiger partial charge in [-0.15, -0.1) is 0 Å². The Morgan fingerprint density at radius 3 is 2.44 bits per heavy atom. The van der Waals surface area contributed by atoms with Gasteiger partial charge in [0.25, 0.3) is 0 Å². The molecule has 0 aromatic heterocycles. The molecule has 1 nitrogen and oxygen atoms in total. The highest BCUT2D eigenvalue weighted by Gasteiger charge is 2.03. The van der Waals surface area contributed by atoms with Gasteiger partial charge in [-0.25, -0.2) is 0 Å². The molecule has 18 heavy (non-hydrogen) atoms. The summed E-state index contributed by atoms with van der Waals surface area (Å²) < 4.78 is 0. The van der Waals surface area contributed by atoms with Gasteiger partial charge in [0.15, 0.2) is 0 Å². The van der Waals surface area contributed by atoms with Gasteiger partial charge in [0.2, 0.25) is 0 Å². The van der Waals surface area contributed by atoms with Crippen LogP contribution in [0, 0.1) is 6.92 Å². The Kier molecular flexibility index (Phi) is 4.40. The fourth-order valence-corrected chi connectivity index (χ4v) is 2.22. The first kappa shape index (κ1) is 13.1. The van der Waals surface area contributed by atoms with Gasteiger partial charge in [0, 0.05) is 17.2 Å². The first-order valence-electron chi connectivity index (χ1n) is 6.17. The second-order valence-corrected chi connectivity index (χ2v) is 4.91. The van der Waals surface area contributed by atoms with Crippen molar-refractivity contribution in [3.05, 3.63) is 58.6 Å². The minimum absolute atomic E-state index is 0.242. The maximum Gasteiger partial charge on any atom is 0.0484 e. The lowest BCUT2D eigenvalue weighted by atomic mass is 10.0.